The number of aromatic nitrogens is 3. The minimum atomic E-state index is -0.234. The molecule has 140 valence electrons. The van der Waals surface area contributed by atoms with Crippen LogP contribution in [0, 0.1) is 18.7 Å². The van der Waals surface area contributed by atoms with Crippen molar-refractivity contribution in [1.29, 1.82) is 0 Å². The first-order chi connectivity index (χ1) is 12.5. The van der Waals surface area contributed by atoms with Gasteiger partial charge in [-0.05, 0) is 57.0 Å². The monoisotopic (exact) mass is 359 g/mol. The Morgan fingerprint density at radius 3 is 2.73 bits per heavy atom. The Balaban J connectivity index is 1.49. The van der Waals surface area contributed by atoms with E-state index < -0.39 is 0 Å². The number of carbonyl (C=O) groups is 1. The molecule has 0 bridgehead atoms. The highest BCUT2D eigenvalue weighted by atomic mass is 19.1. The molecule has 1 saturated heterocycles. The van der Waals surface area contributed by atoms with Crippen LogP contribution in [0.2, 0.25) is 0 Å². The fourth-order valence-electron chi connectivity index (χ4n) is 3.46. The number of likely N-dealkylation sites (tertiary alicyclic amines) is 1. The zero-order valence-corrected chi connectivity index (χ0v) is 15.6. The second-order valence-corrected chi connectivity index (χ2v) is 7.09. The smallest absolute Gasteiger partial charge is 0.223 e. The highest BCUT2D eigenvalue weighted by Crippen LogP contribution is 2.25. The van der Waals surface area contributed by atoms with Crippen LogP contribution < -0.4 is 5.32 Å². The maximum absolute atomic E-state index is 13.6. The Morgan fingerprint density at radius 1 is 1.38 bits per heavy atom. The molecule has 1 aromatic carbocycles. The van der Waals surface area contributed by atoms with E-state index in [9.17, 15) is 9.18 Å². The molecule has 1 aliphatic rings. The van der Waals surface area contributed by atoms with Crippen molar-refractivity contribution in [3.05, 3.63) is 47.3 Å². The number of amides is 1. The summed E-state index contributed by atoms with van der Waals surface area (Å²) < 4.78 is 15.5. The standard InChI is InChI=1S/C19H26FN5O/c1-13-4-5-15(10-17(13)20)11-21-19(26)16-6-8-25(9-7-16)14(2)18-23-22-12-24(18)3/h4-5,10,12,14,16H,6-9,11H2,1-3H3,(H,21,26)/t14-/m1/s1. The van der Waals surface area contributed by atoms with Gasteiger partial charge in [-0.3, -0.25) is 9.69 Å². The zero-order chi connectivity index (χ0) is 18.7. The van der Waals surface area contributed by atoms with Crippen molar-refractivity contribution >= 4 is 5.91 Å². The molecule has 0 radical (unpaired) electrons. The molecule has 0 aliphatic carbocycles. The quantitative estimate of drug-likeness (QED) is 0.890. The van der Waals surface area contributed by atoms with Gasteiger partial charge in [-0.1, -0.05) is 12.1 Å². The lowest BCUT2D eigenvalue weighted by Gasteiger charge is -2.34. The van der Waals surface area contributed by atoms with Crippen molar-refractivity contribution in [1.82, 2.24) is 25.0 Å². The van der Waals surface area contributed by atoms with Crippen molar-refractivity contribution < 1.29 is 9.18 Å². The van der Waals surface area contributed by atoms with E-state index in [1.165, 1.54) is 6.07 Å². The first-order valence-electron chi connectivity index (χ1n) is 9.06. The lowest BCUT2D eigenvalue weighted by molar-refractivity contribution is -0.126. The van der Waals surface area contributed by atoms with Crippen LogP contribution in [0.15, 0.2) is 24.5 Å². The van der Waals surface area contributed by atoms with Crippen LogP contribution in [-0.2, 0) is 18.4 Å². The summed E-state index contributed by atoms with van der Waals surface area (Å²) in [7, 11) is 1.94. The molecule has 2 aromatic rings. The number of nitrogens with one attached hydrogen (secondary N) is 1. The van der Waals surface area contributed by atoms with E-state index in [4.69, 9.17) is 0 Å². The first-order valence-corrected chi connectivity index (χ1v) is 9.06. The van der Waals surface area contributed by atoms with Crippen LogP contribution in [0.4, 0.5) is 4.39 Å². The van der Waals surface area contributed by atoms with Crippen molar-refractivity contribution in [3.63, 3.8) is 0 Å². The third-order valence-electron chi connectivity index (χ3n) is 5.27. The molecule has 1 aromatic heterocycles. The molecule has 1 fully saturated rings. The highest BCUT2D eigenvalue weighted by Gasteiger charge is 2.29. The van der Waals surface area contributed by atoms with Gasteiger partial charge in [0.05, 0.1) is 6.04 Å². The van der Waals surface area contributed by atoms with E-state index in [-0.39, 0.29) is 23.7 Å². The molecule has 0 saturated carbocycles. The fourth-order valence-corrected chi connectivity index (χ4v) is 3.46. The number of hydrogen-bond donors (Lipinski definition) is 1. The largest absolute Gasteiger partial charge is 0.352 e. The van der Waals surface area contributed by atoms with E-state index in [0.29, 0.717) is 12.1 Å². The summed E-state index contributed by atoms with van der Waals surface area (Å²) in [6.07, 6.45) is 3.34. The van der Waals surface area contributed by atoms with Gasteiger partial charge in [0.15, 0.2) is 0 Å². The average molecular weight is 359 g/mol. The SMILES string of the molecule is Cc1ccc(CNC(=O)C2CCN([C@H](C)c3nncn3C)CC2)cc1F. The van der Waals surface area contributed by atoms with E-state index in [2.05, 4.69) is 27.3 Å². The van der Waals surface area contributed by atoms with Gasteiger partial charge in [0, 0.05) is 19.5 Å². The molecule has 1 amide bonds. The summed E-state index contributed by atoms with van der Waals surface area (Å²) in [5.41, 5.74) is 1.40. The lowest BCUT2D eigenvalue weighted by atomic mass is 9.94. The van der Waals surface area contributed by atoms with Gasteiger partial charge in [-0.2, -0.15) is 0 Å². The van der Waals surface area contributed by atoms with E-state index in [1.54, 1.807) is 19.3 Å². The van der Waals surface area contributed by atoms with E-state index in [0.717, 1.165) is 37.3 Å². The zero-order valence-electron chi connectivity index (χ0n) is 15.6. The second kappa shape index (κ2) is 7.95. The minimum absolute atomic E-state index is 0.00763. The summed E-state index contributed by atoms with van der Waals surface area (Å²) in [5.74, 6) is 0.766. The molecule has 1 atom stereocenters. The first kappa shape index (κ1) is 18.5. The van der Waals surface area contributed by atoms with E-state index >= 15 is 0 Å². The number of aryl methyl sites for hydroxylation is 2. The summed E-state index contributed by atoms with van der Waals surface area (Å²) in [4.78, 5) is 14.8. The maximum atomic E-state index is 13.6. The van der Waals surface area contributed by atoms with Gasteiger partial charge in [-0.25, -0.2) is 4.39 Å². The molecule has 6 nitrogen and oxygen atoms in total. The van der Waals surface area contributed by atoms with E-state index in [1.807, 2.05) is 17.7 Å². The van der Waals surface area contributed by atoms with Gasteiger partial charge in [-0.15, -0.1) is 10.2 Å². The molecule has 3 rings (SSSR count). The Morgan fingerprint density at radius 2 is 2.12 bits per heavy atom. The molecule has 0 unspecified atom stereocenters. The van der Waals surface area contributed by atoms with Crippen LogP contribution >= 0.6 is 0 Å². The Labute approximate surface area is 153 Å². The summed E-state index contributed by atoms with van der Waals surface area (Å²) in [6, 6.07) is 5.26. The summed E-state index contributed by atoms with van der Waals surface area (Å²) in [5, 5.41) is 11.1. The van der Waals surface area contributed by atoms with Gasteiger partial charge >= 0.3 is 0 Å². The molecule has 2 heterocycles. The van der Waals surface area contributed by atoms with Crippen molar-refractivity contribution in [3.8, 4) is 0 Å². The molecule has 1 aliphatic heterocycles. The number of nitrogens with zero attached hydrogens (tertiary/aromatic N) is 4. The molecule has 26 heavy (non-hydrogen) atoms. The van der Waals surface area contributed by atoms with Crippen LogP contribution in [0.1, 0.15) is 42.8 Å². The lowest BCUT2D eigenvalue weighted by Crippen LogP contribution is -2.41. The van der Waals surface area contributed by atoms with Crippen LogP contribution in [0.3, 0.4) is 0 Å². The molecule has 7 heteroatoms. The molecule has 0 spiro atoms. The Bertz CT molecular complexity index is 767. The molecule has 1 N–H and O–H groups in total. The Kier molecular flexibility index (Phi) is 5.66. The number of benzene rings is 1. The van der Waals surface area contributed by atoms with Gasteiger partial charge in [0.2, 0.25) is 5.91 Å². The van der Waals surface area contributed by atoms with Crippen molar-refractivity contribution in [2.24, 2.45) is 13.0 Å². The Hall–Kier alpha value is -2.28. The number of hydrogen-bond acceptors (Lipinski definition) is 4. The highest BCUT2D eigenvalue weighted by molar-refractivity contribution is 5.78. The number of halogens is 1. The predicted molar refractivity (Wildman–Crippen MR) is 96.7 cm³/mol. The number of carbonyl (C=O) groups excluding carboxylic acids is 1. The second-order valence-electron chi connectivity index (χ2n) is 7.09. The minimum Gasteiger partial charge on any atom is -0.352 e. The predicted octanol–water partition coefficient (Wildman–Crippen LogP) is 2.35. The molecular formula is C19H26FN5O. The topological polar surface area (TPSA) is 63.1 Å². The van der Waals surface area contributed by atoms with Crippen LogP contribution in [0.25, 0.3) is 0 Å². The van der Waals surface area contributed by atoms with Gasteiger partial charge in [0.25, 0.3) is 0 Å². The van der Waals surface area contributed by atoms with Crippen LogP contribution in [-0.4, -0.2) is 38.7 Å². The van der Waals surface area contributed by atoms with Gasteiger partial charge in [0.1, 0.15) is 18.0 Å². The summed E-state index contributed by atoms with van der Waals surface area (Å²) in [6.45, 7) is 5.92. The number of rotatable bonds is 5. The molecular weight excluding hydrogens is 333 g/mol. The summed E-state index contributed by atoms with van der Waals surface area (Å²) >= 11 is 0. The average Bonchev–Trinajstić information content (AvgIpc) is 3.08. The van der Waals surface area contributed by atoms with Crippen molar-refractivity contribution in [2.75, 3.05) is 13.1 Å². The van der Waals surface area contributed by atoms with Crippen molar-refractivity contribution in [2.45, 2.75) is 39.3 Å². The van der Waals surface area contributed by atoms with Crippen LogP contribution in [0.5, 0.6) is 0 Å². The third-order valence-corrected chi connectivity index (χ3v) is 5.27. The fraction of sp³-hybridized carbons (Fsp3) is 0.526. The normalized spacial score (nSPS) is 17.2. The van der Waals surface area contributed by atoms with Gasteiger partial charge < -0.3 is 9.88 Å². The number of piperidine rings is 1. The maximum Gasteiger partial charge on any atom is 0.223 e. The third kappa shape index (κ3) is 4.09.